The van der Waals surface area contributed by atoms with Gasteiger partial charge >= 0.3 is 11.9 Å². The third kappa shape index (κ3) is 4.08. The molecule has 0 aromatic heterocycles. The van der Waals surface area contributed by atoms with Gasteiger partial charge in [-0.3, -0.25) is 4.90 Å². The fourth-order valence-corrected chi connectivity index (χ4v) is 3.51. The van der Waals surface area contributed by atoms with Gasteiger partial charge in [0.1, 0.15) is 17.9 Å². The van der Waals surface area contributed by atoms with Crippen LogP contribution >= 0.6 is 0 Å². The van der Waals surface area contributed by atoms with Gasteiger partial charge in [-0.05, 0) is 32.3 Å². The molecule has 0 aromatic carbocycles. The molecule has 8 heteroatoms. The number of allylic oxidation sites excluding steroid dienone is 1. The third-order valence-electron chi connectivity index (χ3n) is 5.36. The number of aliphatic hydroxyl groups excluding tert-OH is 2. The first-order valence-corrected chi connectivity index (χ1v) is 9.20. The second-order valence-corrected chi connectivity index (χ2v) is 7.30. The maximum Gasteiger partial charge on any atom is 0.341 e. The monoisotopic (exact) mass is 383 g/mol. The molecule has 2 rings (SSSR count). The zero-order valence-electron chi connectivity index (χ0n) is 16.2. The Bertz CT molecular complexity index is 630. The Morgan fingerprint density at radius 1 is 1.41 bits per heavy atom. The maximum absolute atomic E-state index is 12.6. The number of rotatable bonds is 7. The summed E-state index contributed by atoms with van der Waals surface area (Å²) in [6.07, 6.45) is 1.85. The van der Waals surface area contributed by atoms with Gasteiger partial charge in [0, 0.05) is 13.1 Å². The van der Waals surface area contributed by atoms with Crippen LogP contribution in [0.3, 0.4) is 0 Å². The molecule has 2 heterocycles. The number of hydrogen-bond donors (Lipinski definition) is 3. The van der Waals surface area contributed by atoms with E-state index >= 15 is 0 Å². The number of hydrogen-bond acceptors (Lipinski definition) is 8. The number of nitrogens with zero attached hydrogens (tertiary/aromatic N) is 1. The Balaban J connectivity index is 2.12. The molecule has 1 saturated heterocycles. The molecule has 0 spiro atoms. The highest BCUT2D eigenvalue weighted by Crippen LogP contribution is 2.34. The summed E-state index contributed by atoms with van der Waals surface area (Å²) in [6.45, 7) is 7.01. The normalized spacial score (nSPS) is 26.4. The molecule has 2 aliphatic heterocycles. The van der Waals surface area contributed by atoms with E-state index in [4.69, 9.17) is 9.47 Å². The summed E-state index contributed by atoms with van der Waals surface area (Å²) < 4.78 is 11.0. The van der Waals surface area contributed by atoms with Gasteiger partial charge in [-0.25, -0.2) is 9.59 Å². The molecule has 0 aliphatic carbocycles. The summed E-state index contributed by atoms with van der Waals surface area (Å²) >= 11 is 0. The smallest absolute Gasteiger partial charge is 0.341 e. The highest BCUT2D eigenvalue weighted by Gasteiger charge is 2.50. The van der Waals surface area contributed by atoms with Crippen LogP contribution in [0.4, 0.5) is 0 Å². The van der Waals surface area contributed by atoms with Gasteiger partial charge in [0.15, 0.2) is 5.60 Å². The van der Waals surface area contributed by atoms with E-state index in [0.717, 1.165) is 0 Å². The highest BCUT2D eigenvalue weighted by molar-refractivity contribution is 5.89. The predicted octanol–water partition coefficient (Wildman–Crippen LogP) is 0.120. The van der Waals surface area contributed by atoms with Gasteiger partial charge in [0.2, 0.25) is 0 Å². The first kappa shape index (κ1) is 21.6. The van der Waals surface area contributed by atoms with E-state index < -0.39 is 48.3 Å². The van der Waals surface area contributed by atoms with Crippen molar-refractivity contribution in [3.05, 3.63) is 23.5 Å². The third-order valence-corrected chi connectivity index (χ3v) is 5.36. The van der Waals surface area contributed by atoms with E-state index in [1.54, 1.807) is 26.8 Å². The van der Waals surface area contributed by atoms with Crippen LogP contribution in [0.25, 0.3) is 0 Å². The SMILES string of the molecule is C/C=C(\CO)C(=O)OC1=CCN2CC[C@@H](OC(=O)[C@](O)(C(C)C)[C@H](C)O)[C@H]12. The van der Waals surface area contributed by atoms with Crippen LogP contribution in [0.2, 0.25) is 0 Å². The molecule has 0 radical (unpaired) electrons. The quantitative estimate of drug-likeness (QED) is 0.419. The summed E-state index contributed by atoms with van der Waals surface area (Å²) in [5.41, 5.74) is -1.87. The van der Waals surface area contributed by atoms with E-state index in [2.05, 4.69) is 0 Å². The number of ether oxygens (including phenoxy) is 2. The van der Waals surface area contributed by atoms with Gasteiger partial charge < -0.3 is 24.8 Å². The van der Waals surface area contributed by atoms with E-state index in [1.807, 2.05) is 4.90 Å². The Labute approximate surface area is 159 Å². The van der Waals surface area contributed by atoms with E-state index in [1.165, 1.54) is 13.0 Å². The first-order valence-electron chi connectivity index (χ1n) is 9.20. The predicted molar refractivity (Wildman–Crippen MR) is 96.3 cm³/mol. The fraction of sp³-hybridized carbons (Fsp3) is 0.684. The summed E-state index contributed by atoms with van der Waals surface area (Å²) in [7, 11) is 0. The molecular weight excluding hydrogens is 354 g/mol. The van der Waals surface area contributed by atoms with Crippen molar-refractivity contribution in [2.24, 2.45) is 5.92 Å². The van der Waals surface area contributed by atoms with Crippen molar-refractivity contribution in [1.29, 1.82) is 0 Å². The van der Waals surface area contributed by atoms with Gasteiger partial charge in [-0.2, -0.15) is 0 Å². The van der Waals surface area contributed by atoms with E-state index in [0.29, 0.717) is 25.3 Å². The number of carbonyl (C=O) groups excluding carboxylic acids is 2. The van der Waals surface area contributed by atoms with Crippen molar-refractivity contribution in [2.45, 2.75) is 58.0 Å². The summed E-state index contributed by atoms with van der Waals surface area (Å²) in [4.78, 5) is 26.7. The van der Waals surface area contributed by atoms with Crippen LogP contribution in [-0.4, -0.2) is 75.7 Å². The number of aliphatic hydroxyl groups is 3. The van der Waals surface area contributed by atoms with Crippen molar-refractivity contribution in [3.8, 4) is 0 Å². The molecular formula is C19H29NO7. The maximum atomic E-state index is 12.6. The number of esters is 2. The lowest BCUT2D eigenvalue weighted by atomic mass is 9.85. The summed E-state index contributed by atoms with van der Waals surface area (Å²) in [6, 6.07) is -0.430. The molecule has 8 nitrogen and oxygen atoms in total. The van der Waals surface area contributed by atoms with Crippen molar-refractivity contribution in [3.63, 3.8) is 0 Å². The number of fused-ring (bicyclic) bond motifs is 1. The van der Waals surface area contributed by atoms with Crippen LogP contribution in [0, 0.1) is 5.92 Å². The standard InChI is InChI=1S/C19H29NO7/c1-5-13(10-21)17(23)26-14-6-8-20-9-7-15(16(14)20)27-18(24)19(25,11(2)3)12(4)22/h5-6,11-12,15-16,21-22,25H,7-10H2,1-4H3/b13-5+/t12-,15+,16-,19-/m0/s1. The molecule has 27 heavy (non-hydrogen) atoms. The molecule has 4 atom stereocenters. The van der Waals surface area contributed by atoms with Gasteiger partial charge in [-0.15, -0.1) is 0 Å². The average molecular weight is 383 g/mol. The number of carbonyl (C=O) groups is 2. The minimum atomic E-state index is -2.01. The molecule has 0 aromatic rings. The second-order valence-electron chi connectivity index (χ2n) is 7.30. The van der Waals surface area contributed by atoms with Crippen LogP contribution in [0.5, 0.6) is 0 Å². The molecule has 1 fully saturated rings. The second kappa shape index (κ2) is 8.52. The van der Waals surface area contributed by atoms with E-state index in [-0.39, 0.29) is 5.57 Å². The zero-order valence-corrected chi connectivity index (χ0v) is 16.2. The molecule has 0 bridgehead atoms. The molecule has 0 amide bonds. The zero-order chi connectivity index (χ0) is 20.4. The fourth-order valence-electron chi connectivity index (χ4n) is 3.51. The largest absolute Gasteiger partial charge is 0.458 e. The topological polar surface area (TPSA) is 117 Å². The molecule has 3 N–H and O–H groups in total. The lowest BCUT2D eigenvalue weighted by Crippen LogP contribution is -2.54. The molecule has 0 saturated carbocycles. The first-order chi connectivity index (χ1) is 12.7. The Hall–Kier alpha value is -1.74. The van der Waals surface area contributed by atoms with E-state index in [9.17, 15) is 24.9 Å². The Morgan fingerprint density at radius 2 is 2.07 bits per heavy atom. The highest BCUT2D eigenvalue weighted by atomic mass is 16.6. The lowest BCUT2D eigenvalue weighted by Gasteiger charge is -2.34. The van der Waals surface area contributed by atoms with Crippen LogP contribution in [0.15, 0.2) is 23.5 Å². The van der Waals surface area contributed by atoms with Crippen LogP contribution in [-0.2, 0) is 19.1 Å². The minimum Gasteiger partial charge on any atom is -0.458 e. The Kier molecular flexibility index (Phi) is 6.80. The summed E-state index contributed by atoms with van der Waals surface area (Å²) in [5.74, 6) is -1.71. The van der Waals surface area contributed by atoms with Gasteiger partial charge in [0.05, 0.1) is 18.3 Å². The Morgan fingerprint density at radius 3 is 2.59 bits per heavy atom. The van der Waals surface area contributed by atoms with Gasteiger partial charge in [0.25, 0.3) is 0 Å². The molecule has 2 aliphatic rings. The lowest BCUT2D eigenvalue weighted by molar-refractivity contribution is -0.190. The van der Waals surface area contributed by atoms with Crippen molar-refractivity contribution < 1.29 is 34.4 Å². The van der Waals surface area contributed by atoms with Crippen LogP contribution < -0.4 is 0 Å². The average Bonchev–Trinajstić information content (AvgIpc) is 3.18. The van der Waals surface area contributed by atoms with Crippen LogP contribution in [0.1, 0.15) is 34.1 Å². The van der Waals surface area contributed by atoms with Crippen molar-refractivity contribution in [1.82, 2.24) is 4.90 Å². The van der Waals surface area contributed by atoms with Crippen molar-refractivity contribution in [2.75, 3.05) is 19.7 Å². The summed E-state index contributed by atoms with van der Waals surface area (Å²) in [5, 5.41) is 29.7. The molecule has 0 unspecified atom stereocenters. The van der Waals surface area contributed by atoms with Gasteiger partial charge in [-0.1, -0.05) is 19.9 Å². The molecule has 152 valence electrons. The van der Waals surface area contributed by atoms with Crippen molar-refractivity contribution >= 4 is 11.9 Å². The minimum absolute atomic E-state index is 0.143.